The fraction of sp³-hybridized carbons (Fsp3) is 0.636. The molecule has 0 aliphatic heterocycles. The van der Waals surface area contributed by atoms with Crippen LogP contribution in [0.15, 0.2) is 12.3 Å². The molecule has 1 aliphatic carbocycles. The Labute approximate surface area is 90.3 Å². The first-order valence-electron chi connectivity index (χ1n) is 5.61. The first-order valence-corrected chi connectivity index (χ1v) is 5.61. The third-order valence-corrected chi connectivity index (χ3v) is 3.10. The maximum atomic E-state index is 5.61. The first kappa shape index (κ1) is 10.2. The molecule has 1 fully saturated rings. The van der Waals surface area contributed by atoms with E-state index in [0.717, 1.165) is 0 Å². The van der Waals surface area contributed by atoms with Gasteiger partial charge in [-0.25, -0.2) is 4.98 Å². The van der Waals surface area contributed by atoms with Crippen LogP contribution in [-0.4, -0.2) is 16.0 Å². The number of rotatable bonds is 2. The molecule has 82 valence electrons. The summed E-state index contributed by atoms with van der Waals surface area (Å²) in [6.07, 6.45) is 6.83. The van der Waals surface area contributed by atoms with E-state index in [0.29, 0.717) is 23.7 Å². The summed E-state index contributed by atoms with van der Waals surface area (Å²) < 4.78 is 0. The number of hydrogen-bond donors (Lipinski definition) is 2. The fourth-order valence-corrected chi connectivity index (χ4v) is 2.14. The number of anilines is 2. The molecule has 0 radical (unpaired) electrons. The predicted octanol–water partition coefficient (Wildman–Crippen LogP) is 2.05. The van der Waals surface area contributed by atoms with Crippen LogP contribution in [0, 0.1) is 5.92 Å². The van der Waals surface area contributed by atoms with Crippen LogP contribution in [-0.2, 0) is 0 Å². The van der Waals surface area contributed by atoms with Gasteiger partial charge in [-0.1, -0.05) is 19.8 Å². The second-order valence-corrected chi connectivity index (χ2v) is 4.32. The van der Waals surface area contributed by atoms with Crippen molar-refractivity contribution in [3.8, 4) is 0 Å². The summed E-state index contributed by atoms with van der Waals surface area (Å²) in [5.74, 6) is 1.88. The van der Waals surface area contributed by atoms with Gasteiger partial charge in [-0.15, -0.1) is 0 Å². The Hall–Kier alpha value is -1.32. The van der Waals surface area contributed by atoms with Gasteiger partial charge in [-0.3, -0.25) is 0 Å². The van der Waals surface area contributed by atoms with Crippen LogP contribution < -0.4 is 11.1 Å². The summed E-state index contributed by atoms with van der Waals surface area (Å²) >= 11 is 0. The molecule has 4 heteroatoms. The van der Waals surface area contributed by atoms with Gasteiger partial charge in [-0.05, 0) is 24.8 Å². The lowest BCUT2D eigenvalue weighted by molar-refractivity contribution is 0.348. The van der Waals surface area contributed by atoms with E-state index in [9.17, 15) is 0 Å². The zero-order chi connectivity index (χ0) is 10.7. The summed E-state index contributed by atoms with van der Waals surface area (Å²) in [4.78, 5) is 8.32. The standard InChI is InChI=1S/C11H18N4/c1-8-4-2-3-5-9(8)14-11-13-7-6-10(12)15-11/h6-9H,2-5H2,1H3,(H3,12,13,14,15). The van der Waals surface area contributed by atoms with Crippen LogP contribution in [0.1, 0.15) is 32.6 Å². The van der Waals surface area contributed by atoms with Crippen molar-refractivity contribution < 1.29 is 0 Å². The molecule has 1 aliphatic rings. The maximum Gasteiger partial charge on any atom is 0.224 e. The zero-order valence-electron chi connectivity index (χ0n) is 9.11. The number of hydrogen-bond acceptors (Lipinski definition) is 4. The lowest BCUT2D eigenvalue weighted by atomic mass is 9.86. The van der Waals surface area contributed by atoms with Gasteiger partial charge in [-0.2, -0.15) is 4.98 Å². The topological polar surface area (TPSA) is 63.8 Å². The minimum atomic E-state index is 0.501. The van der Waals surface area contributed by atoms with Gasteiger partial charge in [0.15, 0.2) is 0 Å². The molecule has 1 aromatic rings. The average Bonchev–Trinajstić information content (AvgIpc) is 2.22. The number of nitrogens with two attached hydrogens (primary N) is 1. The van der Waals surface area contributed by atoms with Crippen molar-refractivity contribution in [3.05, 3.63) is 12.3 Å². The minimum Gasteiger partial charge on any atom is -0.384 e. The van der Waals surface area contributed by atoms with Crippen molar-refractivity contribution in [1.29, 1.82) is 0 Å². The lowest BCUT2D eigenvalue weighted by Crippen LogP contribution is -2.31. The summed E-state index contributed by atoms with van der Waals surface area (Å²) in [6, 6.07) is 2.20. The van der Waals surface area contributed by atoms with Gasteiger partial charge in [0, 0.05) is 12.2 Å². The predicted molar refractivity (Wildman–Crippen MR) is 61.5 cm³/mol. The second-order valence-electron chi connectivity index (χ2n) is 4.32. The quantitative estimate of drug-likeness (QED) is 0.777. The monoisotopic (exact) mass is 206 g/mol. The molecule has 0 amide bonds. The van der Waals surface area contributed by atoms with Gasteiger partial charge in [0.1, 0.15) is 5.82 Å². The fourth-order valence-electron chi connectivity index (χ4n) is 2.14. The molecule has 0 bridgehead atoms. The highest BCUT2D eigenvalue weighted by Gasteiger charge is 2.21. The minimum absolute atomic E-state index is 0.501. The molecule has 2 unspecified atom stereocenters. The Bertz CT molecular complexity index is 326. The Kier molecular flexibility index (Phi) is 3.04. The Morgan fingerprint density at radius 3 is 2.93 bits per heavy atom. The van der Waals surface area contributed by atoms with Crippen LogP contribution in [0.4, 0.5) is 11.8 Å². The molecule has 15 heavy (non-hydrogen) atoms. The number of nitrogens with one attached hydrogen (secondary N) is 1. The van der Waals surface area contributed by atoms with Crippen molar-refractivity contribution in [2.75, 3.05) is 11.1 Å². The van der Waals surface area contributed by atoms with Crippen molar-refractivity contribution >= 4 is 11.8 Å². The molecule has 1 heterocycles. The van der Waals surface area contributed by atoms with Crippen molar-refractivity contribution in [2.24, 2.45) is 5.92 Å². The molecular weight excluding hydrogens is 188 g/mol. The van der Waals surface area contributed by atoms with Crippen molar-refractivity contribution in [3.63, 3.8) is 0 Å². The molecule has 3 N–H and O–H groups in total. The highest BCUT2D eigenvalue weighted by atomic mass is 15.1. The molecule has 0 aromatic carbocycles. The van der Waals surface area contributed by atoms with E-state index in [4.69, 9.17) is 5.73 Å². The van der Waals surface area contributed by atoms with Crippen molar-refractivity contribution in [1.82, 2.24) is 9.97 Å². The largest absolute Gasteiger partial charge is 0.384 e. The average molecular weight is 206 g/mol. The van der Waals surface area contributed by atoms with Gasteiger partial charge in [0.2, 0.25) is 5.95 Å². The summed E-state index contributed by atoms with van der Waals surface area (Å²) in [5, 5.41) is 3.37. The molecule has 0 spiro atoms. The molecule has 2 rings (SSSR count). The zero-order valence-corrected chi connectivity index (χ0v) is 9.11. The summed E-state index contributed by atoms with van der Waals surface area (Å²) in [5.41, 5.74) is 5.61. The van der Waals surface area contributed by atoms with Crippen molar-refractivity contribution in [2.45, 2.75) is 38.6 Å². The second kappa shape index (κ2) is 4.47. The van der Waals surface area contributed by atoms with Crippen LogP contribution in [0.2, 0.25) is 0 Å². The highest BCUT2D eigenvalue weighted by molar-refractivity contribution is 5.35. The van der Waals surface area contributed by atoms with E-state index < -0.39 is 0 Å². The number of nitrogens with zero attached hydrogens (tertiary/aromatic N) is 2. The third-order valence-electron chi connectivity index (χ3n) is 3.10. The van der Waals surface area contributed by atoms with E-state index in [1.807, 2.05) is 0 Å². The van der Waals surface area contributed by atoms with Crippen LogP contribution in [0.25, 0.3) is 0 Å². The first-order chi connectivity index (χ1) is 7.25. The Morgan fingerprint density at radius 2 is 2.20 bits per heavy atom. The molecule has 0 saturated heterocycles. The number of nitrogen functional groups attached to an aromatic ring is 1. The maximum absolute atomic E-state index is 5.61. The summed E-state index contributed by atoms with van der Waals surface area (Å²) in [7, 11) is 0. The van der Waals surface area contributed by atoms with Gasteiger partial charge in [0.05, 0.1) is 0 Å². The van der Waals surface area contributed by atoms with Crippen LogP contribution >= 0.6 is 0 Å². The van der Waals surface area contributed by atoms with Gasteiger partial charge >= 0.3 is 0 Å². The molecule has 1 aromatic heterocycles. The van der Waals surface area contributed by atoms with Crippen LogP contribution in [0.3, 0.4) is 0 Å². The van der Waals surface area contributed by atoms with Gasteiger partial charge < -0.3 is 11.1 Å². The molecule has 4 nitrogen and oxygen atoms in total. The van der Waals surface area contributed by atoms with E-state index >= 15 is 0 Å². The van der Waals surface area contributed by atoms with E-state index in [1.54, 1.807) is 12.3 Å². The van der Waals surface area contributed by atoms with E-state index in [1.165, 1.54) is 25.7 Å². The molecule has 2 atom stereocenters. The number of aromatic nitrogens is 2. The normalized spacial score (nSPS) is 26.2. The van der Waals surface area contributed by atoms with Gasteiger partial charge in [0.25, 0.3) is 0 Å². The summed E-state index contributed by atoms with van der Waals surface area (Å²) in [6.45, 7) is 2.28. The highest BCUT2D eigenvalue weighted by Crippen LogP contribution is 2.25. The third kappa shape index (κ3) is 2.58. The smallest absolute Gasteiger partial charge is 0.224 e. The van der Waals surface area contributed by atoms with E-state index in [2.05, 4.69) is 22.2 Å². The Balaban J connectivity index is 2.01. The molecular formula is C11H18N4. The Morgan fingerprint density at radius 1 is 1.40 bits per heavy atom. The lowest BCUT2D eigenvalue weighted by Gasteiger charge is -2.29. The van der Waals surface area contributed by atoms with E-state index in [-0.39, 0.29) is 0 Å². The SMILES string of the molecule is CC1CCCCC1Nc1nccc(N)n1. The molecule has 1 saturated carbocycles. The van der Waals surface area contributed by atoms with Crippen LogP contribution in [0.5, 0.6) is 0 Å².